The van der Waals surface area contributed by atoms with E-state index in [0.29, 0.717) is 6.54 Å². The number of anilines is 1. The number of aromatic nitrogens is 2. The van der Waals surface area contributed by atoms with Crippen molar-refractivity contribution in [2.45, 2.75) is 45.1 Å². The van der Waals surface area contributed by atoms with Crippen LogP contribution in [0.2, 0.25) is 0 Å². The first-order valence-corrected chi connectivity index (χ1v) is 6.41. The van der Waals surface area contributed by atoms with Gasteiger partial charge in [0.2, 0.25) is 0 Å². The van der Waals surface area contributed by atoms with Crippen LogP contribution in [0.1, 0.15) is 38.3 Å². The predicted octanol–water partition coefficient (Wildman–Crippen LogP) is 2.10. The molecule has 94 valence electrons. The fourth-order valence-corrected chi connectivity index (χ4v) is 2.48. The summed E-state index contributed by atoms with van der Waals surface area (Å²) >= 11 is 0. The molecule has 4 heteroatoms. The lowest BCUT2D eigenvalue weighted by Gasteiger charge is -2.39. The quantitative estimate of drug-likeness (QED) is 0.840. The smallest absolute Gasteiger partial charge is 0.147 e. The van der Waals surface area contributed by atoms with E-state index in [1.54, 1.807) is 12.4 Å². The van der Waals surface area contributed by atoms with Crippen molar-refractivity contribution in [3.63, 3.8) is 0 Å². The Hall–Kier alpha value is -1.16. The van der Waals surface area contributed by atoms with Crippen LogP contribution in [0.15, 0.2) is 12.4 Å². The van der Waals surface area contributed by atoms with Crippen LogP contribution in [0.3, 0.4) is 0 Å². The van der Waals surface area contributed by atoms with Crippen LogP contribution in [-0.4, -0.2) is 22.1 Å². The van der Waals surface area contributed by atoms with Gasteiger partial charge >= 0.3 is 0 Å². The first kappa shape index (κ1) is 12.3. The van der Waals surface area contributed by atoms with Crippen molar-refractivity contribution < 1.29 is 0 Å². The van der Waals surface area contributed by atoms with Gasteiger partial charge in [0.25, 0.3) is 0 Å². The van der Waals surface area contributed by atoms with Gasteiger partial charge in [0, 0.05) is 18.9 Å². The SMILES string of the molecule is Cc1nccnc1NC1(CN)CCC(C)CC1. The normalized spacial score (nSPS) is 29.0. The number of hydrogen-bond acceptors (Lipinski definition) is 4. The van der Waals surface area contributed by atoms with Gasteiger partial charge in [-0.3, -0.25) is 4.98 Å². The van der Waals surface area contributed by atoms with E-state index in [9.17, 15) is 0 Å². The standard InChI is InChI=1S/C13H22N4/c1-10-3-5-13(9-14,6-4-10)17-12-11(2)15-7-8-16-12/h7-8,10H,3-6,9,14H2,1-2H3,(H,16,17). The van der Waals surface area contributed by atoms with Crippen molar-refractivity contribution in [1.29, 1.82) is 0 Å². The largest absolute Gasteiger partial charge is 0.362 e. The van der Waals surface area contributed by atoms with Crippen LogP contribution in [-0.2, 0) is 0 Å². The van der Waals surface area contributed by atoms with Crippen LogP contribution in [0, 0.1) is 12.8 Å². The van der Waals surface area contributed by atoms with E-state index in [0.717, 1.165) is 30.3 Å². The number of hydrogen-bond donors (Lipinski definition) is 2. The van der Waals surface area contributed by atoms with Gasteiger partial charge < -0.3 is 11.1 Å². The summed E-state index contributed by atoms with van der Waals surface area (Å²) in [6.45, 7) is 4.95. The molecule has 1 fully saturated rings. The Morgan fingerprint density at radius 3 is 2.59 bits per heavy atom. The zero-order chi connectivity index (χ0) is 12.3. The first-order valence-electron chi connectivity index (χ1n) is 6.41. The van der Waals surface area contributed by atoms with E-state index in [1.807, 2.05) is 6.92 Å². The molecular formula is C13H22N4. The van der Waals surface area contributed by atoms with E-state index >= 15 is 0 Å². The molecule has 0 unspecified atom stereocenters. The zero-order valence-electron chi connectivity index (χ0n) is 10.7. The summed E-state index contributed by atoms with van der Waals surface area (Å²) in [5, 5.41) is 3.53. The number of aryl methyl sites for hydroxylation is 1. The molecule has 4 nitrogen and oxygen atoms in total. The van der Waals surface area contributed by atoms with Gasteiger partial charge in [0.05, 0.1) is 11.2 Å². The number of nitrogens with two attached hydrogens (primary N) is 1. The van der Waals surface area contributed by atoms with Crippen LogP contribution in [0.25, 0.3) is 0 Å². The highest BCUT2D eigenvalue weighted by Gasteiger charge is 2.33. The molecule has 17 heavy (non-hydrogen) atoms. The van der Waals surface area contributed by atoms with Gasteiger partial charge in [0.1, 0.15) is 5.82 Å². The zero-order valence-corrected chi connectivity index (χ0v) is 10.7. The third-order valence-electron chi connectivity index (χ3n) is 3.89. The van der Waals surface area contributed by atoms with Gasteiger partial charge in [-0.25, -0.2) is 4.98 Å². The third-order valence-corrected chi connectivity index (χ3v) is 3.89. The molecule has 1 aliphatic rings. The number of nitrogens with zero attached hydrogens (tertiary/aromatic N) is 2. The molecule has 0 amide bonds. The summed E-state index contributed by atoms with van der Waals surface area (Å²) in [5.74, 6) is 1.70. The summed E-state index contributed by atoms with van der Waals surface area (Å²) in [6, 6.07) is 0. The average Bonchev–Trinajstić information content (AvgIpc) is 2.35. The molecule has 1 aromatic heterocycles. The summed E-state index contributed by atoms with van der Waals surface area (Å²) in [6.07, 6.45) is 8.18. The van der Waals surface area contributed by atoms with Crippen LogP contribution >= 0.6 is 0 Å². The van der Waals surface area contributed by atoms with E-state index in [-0.39, 0.29) is 5.54 Å². The summed E-state index contributed by atoms with van der Waals surface area (Å²) in [5.41, 5.74) is 6.94. The maximum Gasteiger partial charge on any atom is 0.147 e. The van der Waals surface area contributed by atoms with Crippen LogP contribution < -0.4 is 11.1 Å². The Bertz CT molecular complexity index is 369. The Morgan fingerprint density at radius 2 is 2.00 bits per heavy atom. The molecule has 0 bridgehead atoms. The molecule has 1 saturated carbocycles. The summed E-state index contributed by atoms with van der Waals surface area (Å²) in [4.78, 5) is 8.61. The average molecular weight is 234 g/mol. The molecule has 3 N–H and O–H groups in total. The van der Waals surface area contributed by atoms with E-state index in [1.165, 1.54) is 12.8 Å². The molecular weight excluding hydrogens is 212 g/mol. The van der Waals surface area contributed by atoms with Crippen LogP contribution in [0.5, 0.6) is 0 Å². The topological polar surface area (TPSA) is 63.8 Å². The highest BCUT2D eigenvalue weighted by atomic mass is 15.1. The second kappa shape index (κ2) is 5.00. The fourth-order valence-electron chi connectivity index (χ4n) is 2.48. The Balaban J connectivity index is 2.12. The van der Waals surface area contributed by atoms with Gasteiger partial charge in [-0.2, -0.15) is 0 Å². The molecule has 1 aromatic rings. The van der Waals surface area contributed by atoms with E-state index in [4.69, 9.17) is 5.73 Å². The van der Waals surface area contributed by atoms with Crippen molar-refractivity contribution >= 4 is 5.82 Å². The Kier molecular flexibility index (Phi) is 3.62. The van der Waals surface area contributed by atoms with E-state index in [2.05, 4.69) is 22.2 Å². The lowest BCUT2D eigenvalue weighted by molar-refractivity contribution is 0.271. The number of rotatable bonds is 3. The molecule has 0 aliphatic heterocycles. The maximum absolute atomic E-state index is 5.97. The second-order valence-electron chi connectivity index (χ2n) is 5.28. The Labute approximate surface area is 103 Å². The molecule has 0 aromatic carbocycles. The van der Waals surface area contributed by atoms with Crippen molar-refractivity contribution in [2.24, 2.45) is 11.7 Å². The molecule has 2 rings (SSSR count). The minimum Gasteiger partial charge on any atom is -0.362 e. The summed E-state index contributed by atoms with van der Waals surface area (Å²) < 4.78 is 0. The first-order chi connectivity index (χ1) is 8.15. The molecule has 0 atom stereocenters. The maximum atomic E-state index is 5.97. The Morgan fingerprint density at radius 1 is 1.35 bits per heavy atom. The van der Waals surface area contributed by atoms with Crippen molar-refractivity contribution in [3.8, 4) is 0 Å². The highest BCUT2D eigenvalue weighted by Crippen LogP contribution is 2.33. The van der Waals surface area contributed by atoms with Gasteiger partial charge in [-0.1, -0.05) is 6.92 Å². The van der Waals surface area contributed by atoms with Crippen molar-refractivity contribution in [2.75, 3.05) is 11.9 Å². The lowest BCUT2D eigenvalue weighted by Crippen LogP contribution is -2.48. The lowest BCUT2D eigenvalue weighted by atomic mass is 9.77. The third kappa shape index (κ3) is 2.75. The number of nitrogens with one attached hydrogen (secondary N) is 1. The van der Waals surface area contributed by atoms with E-state index < -0.39 is 0 Å². The molecule has 0 spiro atoms. The second-order valence-corrected chi connectivity index (χ2v) is 5.28. The predicted molar refractivity (Wildman–Crippen MR) is 69.8 cm³/mol. The monoisotopic (exact) mass is 234 g/mol. The fraction of sp³-hybridized carbons (Fsp3) is 0.692. The van der Waals surface area contributed by atoms with Gasteiger partial charge in [0.15, 0.2) is 0 Å². The van der Waals surface area contributed by atoms with Crippen LogP contribution in [0.4, 0.5) is 5.82 Å². The minimum absolute atomic E-state index is 0.0211. The molecule has 0 saturated heterocycles. The van der Waals surface area contributed by atoms with Crippen molar-refractivity contribution in [1.82, 2.24) is 9.97 Å². The molecule has 1 aliphatic carbocycles. The minimum atomic E-state index is 0.0211. The van der Waals surface area contributed by atoms with Crippen molar-refractivity contribution in [3.05, 3.63) is 18.1 Å². The molecule has 0 radical (unpaired) electrons. The summed E-state index contributed by atoms with van der Waals surface area (Å²) in [7, 11) is 0. The van der Waals surface area contributed by atoms with Gasteiger partial charge in [-0.05, 0) is 38.5 Å². The molecule has 1 heterocycles. The highest BCUT2D eigenvalue weighted by molar-refractivity contribution is 5.41. The van der Waals surface area contributed by atoms with Gasteiger partial charge in [-0.15, -0.1) is 0 Å².